The average molecular weight is 264 g/mol. The molecule has 0 saturated carbocycles. The number of alkyl halides is 1. The lowest BCUT2D eigenvalue weighted by Crippen LogP contribution is -2.25. The Morgan fingerprint density at radius 3 is 2.81 bits per heavy atom. The first-order chi connectivity index (χ1) is 7.66. The summed E-state index contributed by atoms with van der Waals surface area (Å²) in [6, 6.07) is 4.16. The standard InChI is InChI=1S/C11H12Cl2FNO/c12-6-1-2-7-15-11(16)8-4-3-5-9(14)10(8)13/h3-5H,1-2,6-7H2,(H,15,16). The maximum Gasteiger partial charge on any atom is 0.252 e. The van der Waals surface area contributed by atoms with Crippen LogP contribution in [0.4, 0.5) is 4.39 Å². The second kappa shape index (κ2) is 6.71. The summed E-state index contributed by atoms with van der Waals surface area (Å²) in [5.41, 5.74) is 0.160. The molecule has 1 N–H and O–H groups in total. The molecule has 0 aliphatic heterocycles. The minimum atomic E-state index is -0.588. The number of carbonyl (C=O) groups is 1. The van der Waals surface area contributed by atoms with Gasteiger partial charge in [-0.25, -0.2) is 4.39 Å². The van der Waals surface area contributed by atoms with Gasteiger partial charge >= 0.3 is 0 Å². The van der Waals surface area contributed by atoms with E-state index in [2.05, 4.69) is 5.32 Å². The molecule has 0 aromatic heterocycles. The molecular formula is C11H12Cl2FNO. The van der Waals surface area contributed by atoms with Crippen molar-refractivity contribution < 1.29 is 9.18 Å². The minimum absolute atomic E-state index is 0.141. The van der Waals surface area contributed by atoms with Crippen LogP contribution in [0.25, 0.3) is 0 Å². The van der Waals surface area contributed by atoms with Crippen LogP contribution >= 0.6 is 23.2 Å². The van der Waals surface area contributed by atoms with Crippen molar-refractivity contribution in [3.8, 4) is 0 Å². The highest BCUT2D eigenvalue weighted by molar-refractivity contribution is 6.34. The molecule has 0 bridgehead atoms. The molecule has 1 rings (SSSR count). The lowest BCUT2D eigenvalue weighted by Gasteiger charge is -2.06. The summed E-state index contributed by atoms with van der Waals surface area (Å²) in [5.74, 6) is -0.384. The number of nitrogens with one attached hydrogen (secondary N) is 1. The number of carbonyl (C=O) groups excluding carboxylic acids is 1. The maximum absolute atomic E-state index is 13.1. The molecule has 0 heterocycles. The maximum atomic E-state index is 13.1. The van der Waals surface area contributed by atoms with Crippen molar-refractivity contribution in [3.05, 3.63) is 34.6 Å². The first-order valence-electron chi connectivity index (χ1n) is 4.95. The Kier molecular flexibility index (Phi) is 5.56. The van der Waals surface area contributed by atoms with E-state index >= 15 is 0 Å². The predicted octanol–water partition coefficient (Wildman–Crippen LogP) is 3.23. The van der Waals surface area contributed by atoms with Crippen LogP contribution in [0.2, 0.25) is 5.02 Å². The molecule has 1 amide bonds. The number of hydrogen-bond acceptors (Lipinski definition) is 1. The van der Waals surface area contributed by atoms with Gasteiger partial charge in [0.2, 0.25) is 0 Å². The zero-order valence-electron chi connectivity index (χ0n) is 8.60. The summed E-state index contributed by atoms with van der Waals surface area (Å²) in [5, 5.41) is 2.51. The Balaban J connectivity index is 2.56. The van der Waals surface area contributed by atoms with Gasteiger partial charge in [-0.3, -0.25) is 4.79 Å². The van der Waals surface area contributed by atoms with E-state index in [9.17, 15) is 9.18 Å². The van der Waals surface area contributed by atoms with E-state index < -0.39 is 5.82 Å². The number of hydrogen-bond donors (Lipinski definition) is 1. The molecule has 0 fully saturated rings. The highest BCUT2D eigenvalue weighted by Crippen LogP contribution is 2.19. The summed E-state index contributed by atoms with van der Waals surface area (Å²) < 4.78 is 13.1. The van der Waals surface area contributed by atoms with Gasteiger partial charge in [-0.2, -0.15) is 0 Å². The molecule has 0 unspecified atom stereocenters. The number of unbranched alkanes of at least 4 members (excludes halogenated alkanes) is 1. The van der Waals surface area contributed by atoms with Crippen molar-refractivity contribution >= 4 is 29.1 Å². The van der Waals surface area contributed by atoms with Crippen LogP contribution in [0.5, 0.6) is 0 Å². The lowest BCUT2D eigenvalue weighted by molar-refractivity contribution is 0.0953. The van der Waals surface area contributed by atoms with E-state index in [0.29, 0.717) is 12.4 Å². The van der Waals surface area contributed by atoms with E-state index in [1.807, 2.05) is 0 Å². The summed E-state index contributed by atoms with van der Waals surface area (Å²) in [6.45, 7) is 0.512. The number of halogens is 3. The number of rotatable bonds is 5. The second-order valence-corrected chi connectivity index (χ2v) is 4.01. The zero-order valence-corrected chi connectivity index (χ0v) is 10.1. The van der Waals surface area contributed by atoms with Gasteiger partial charge in [-0.1, -0.05) is 17.7 Å². The average Bonchev–Trinajstić information content (AvgIpc) is 2.28. The van der Waals surface area contributed by atoms with Gasteiger partial charge in [0, 0.05) is 12.4 Å². The fourth-order valence-electron chi connectivity index (χ4n) is 1.20. The van der Waals surface area contributed by atoms with Gasteiger partial charge < -0.3 is 5.32 Å². The van der Waals surface area contributed by atoms with Gasteiger partial charge in [0.05, 0.1) is 10.6 Å². The van der Waals surface area contributed by atoms with Gasteiger partial charge in [-0.05, 0) is 25.0 Å². The van der Waals surface area contributed by atoms with Crippen molar-refractivity contribution in [1.29, 1.82) is 0 Å². The highest BCUT2D eigenvalue weighted by atomic mass is 35.5. The molecule has 0 saturated heterocycles. The first kappa shape index (κ1) is 13.3. The molecule has 0 atom stereocenters. The molecular weight excluding hydrogens is 252 g/mol. The number of amides is 1. The monoisotopic (exact) mass is 263 g/mol. The SMILES string of the molecule is O=C(NCCCCCl)c1cccc(F)c1Cl. The topological polar surface area (TPSA) is 29.1 Å². The summed E-state index contributed by atoms with van der Waals surface area (Å²) in [4.78, 5) is 11.6. The van der Waals surface area contributed by atoms with Crippen LogP contribution in [0.3, 0.4) is 0 Å². The van der Waals surface area contributed by atoms with Crippen LogP contribution in [0.15, 0.2) is 18.2 Å². The van der Waals surface area contributed by atoms with Crippen LogP contribution in [-0.2, 0) is 0 Å². The smallest absolute Gasteiger partial charge is 0.252 e. The number of benzene rings is 1. The Bertz CT molecular complexity index is 371. The summed E-state index contributed by atoms with van der Waals surface area (Å²) in [7, 11) is 0. The Morgan fingerprint density at radius 1 is 1.38 bits per heavy atom. The third-order valence-electron chi connectivity index (χ3n) is 2.04. The van der Waals surface area contributed by atoms with Crippen molar-refractivity contribution in [2.24, 2.45) is 0 Å². The molecule has 16 heavy (non-hydrogen) atoms. The van der Waals surface area contributed by atoms with Crippen LogP contribution in [0, 0.1) is 5.82 Å². The van der Waals surface area contributed by atoms with E-state index in [4.69, 9.17) is 23.2 Å². The molecule has 0 radical (unpaired) electrons. The fourth-order valence-corrected chi connectivity index (χ4v) is 1.60. The predicted molar refractivity (Wildman–Crippen MR) is 63.7 cm³/mol. The van der Waals surface area contributed by atoms with Crippen LogP contribution < -0.4 is 5.32 Å². The van der Waals surface area contributed by atoms with E-state index in [0.717, 1.165) is 12.8 Å². The summed E-state index contributed by atoms with van der Waals surface area (Å²) >= 11 is 11.2. The molecule has 2 nitrogen and oxygen atoms in total. The van der Waals surface area contributed by atoms with Crippen LogP contribution in [-0.4, -0.2) is 18.3 Å². The molecule has 88 valence electrons. The quantitative estimate of drug-likeness (QED) is 0.642. The Morgan fingerprint density at radius 2 is 2.12 bits per heavy atom. The first-order valence-corrected chi connectivity index (χ1v) is 5.86. The molecule has 0 spiro atoms. The van der Waals surface area contributed by atoms with Gasteiger partial charge in [0.15, 0.2) is 0 Å². The largest absolute Gasteiger partial charge is 0.352 e. The molecule has 0 aliphatic rings. The minimum Gasteiger partial charge on any atom is -0.352 e. The highest BCUT2D eigenvalue weighted by Gasteiger charge is 2.12. The van der Waals surface area contributed by atoms with E-state index in [1.165, 1.54) is 18.2 Å². The van der Waals surface area contributed by atoms with E-state index in [-0.39, 0.29) is 16.5 Å². The third-order valence-corrected chi connectivity index (χ3v) is 2.69. The second-order valence-electron chi connectivity index (χ2n) is 3.25. The Hall–Kier alpha value is -0.800. The van der Waals surface area contributed by atoms with Crippen LogP contribution in [0.1, 0.15) is 23.2 Å². The fraction of sp³-hybridized carbons (Fsp3) is 0.364. The van der Waals surface area contributed by atoms with Gasteiger partial charge in [0.25, 0.3) is 5.91 Å². The van der Waals surface area contributed by atoms with Gasteiger partial charge in [-0.15, -0.1) is 11.6 Å². The molecule has 0 aliphatic carbocycles. The van der Waals surface area contributed by atoms with Gasteiger partial charge in [0.1, 0.15) is 5.82 Å². The molecule has 5 heteroatoms. The van der Waals surface area contributed by atoms with E-state index in [1.54, 1.807) is 0 Å². The Labute approximate surface area is 104 Å². The zero-order chi connectivity index (χ0) is 12.0. The lowest BCUT2D eigenvalue weighted by atomic mass is 10.2. The summed E-state index contributed by atoms with van der Waals surface area (Å²) in [6.07, 6.45) is 1.63. The normalized spacial score (nSPS) is 10.2. The van der Waals surface area contributed by atoms with Crippen molar-refractivity contribution in [3.63, 3.8) is 0 Å². The van der Waals surface area contributed by atoms with Crippen molar-refractivity contribution in [1.82, 2.24) is 5.32 Å². The van der Waals surface area contributed by atoms with Crippen molar-refractivity contribution in [2.75, 3.05) is 12.4 Å². The molecule has 1 aromatic carbocycles. The molecule has 1 aromatic rings. The van der Waals surface area contributed by atoms with Crippen molar-refractivity contribution in [2.45, 2.75) is 12.8 Å². The third kappa shape index (κ3) is 3.65.